The molecular weight excluding hydrogens is 318 g/mol. The molecule has 0 saturated carbocycles. The van der Waals surface area contributed by atoms with E-state index in [4.69, 9.17) is 8.94 Å². The van der Waals surface area contributed by atoms with E-state index in [1.807, 2.05) is 49.4 Å². The van der Waals surface area contributed by atoms with Crippen LogP contribution in [0.4, 0.5) is 0 Å². The number of aryl methyl sites for hydroxylation is 1. The Labute approximate surface area is 143 Å². The quantitative estimate of drug-likeness (QED) is 0.571. The summed E-state index contributed by atoms with van der Waals surface area (Å²) in [5.74, 6) is 0.505. The van der Waals surface area contributed by atoms with Crippen molar-refractivity contribution in [3.8, 4) is 0 Å². The van der Waals surface area contributed by atoms with Crippen molar-refractivity contribution in [1.29, 1.82) is 0 Å². The molecule has 25 heavy (non-hydrogen) atoms. The van der Waals surface area contributed by atoms with Gasteiger partial charge in [0, 0.05) is 5.56 Å². The van der Waals surface area contributed by atoms with Crippen molar-refractivity contribution in [3.05, 3.63) is 81.9 Å². The molecule has 0 radical (unpaired) electrons. The monoisotopic (exact) mass is 333 g/mol. The summed E-state index contributed by atoms with van der Waals surface area (Å²) < 4.78 is 11.8. The lowest BCUT2D eigenvalue weighted by Crippen LogP contribution is -2.24. The summed E-state index contributed by atoms with van der Waals surface area (Å²) in [5.41, 5.74) is 2.61. The highest BCUT2D eigenvalue weighted by Crippen LogP contribution is 2.20. The molecule has 124 valence electrons. The van der Waals surface area contributed by atoms with E-state index in [1.165, 1.54) is 4.68 Å². The fourth-order valence-electron chi connectivity index (χ4n) is 2.72. The van der Waals surface area contributed by atoms with Gasteiger partial charge in [0.1, 0.15) is 0 Å². The molecule has 0 unspecified atom stereocenters. The highest BCUT2D eigenvalue weighted by molar-refractivity contribution is 5.89. The predicted octanol–water partition coefficient (Wildman–Crippen LogP) is 3.50. The lowest BCUT2D eigenvalue weighted by molar-refractivity contribution is 0.420. The maximum Gasteiger partial charge on any atom is 0.297 e. The van der Waals surface area contributed by atoms with Gasteiger partial charge in [0.15, 0.2) is 11.3 Å². The summed E-state index contributed by atoms with van der Waals surface area (Å²) in [5, 5.41) is 9.02. The largest absolute Gasteiger partial charge is 0.472 e. The summed E-state index contributed by atoms with van der Waals surface area (Å²) in [6.07, 6.45) is 6.80. The van der Waals surface area contributed by atoms with Gasteiger partial charge in [-0.05, 0) is 30.7 Å². The Morgan fingerprint density at radius 2 is 2.00 bits per heavy atom. The van der Waals surface area contributed by atoms with Crippen LogP contribution in [0.1, 0.15) is 22.6 Å². The number of furan rings is 1. The second-order valence-electron chi connectivity index (χ2n) is 5.69. The fraction of sp³-hybridized carbons (Fsp3) is 0.105. The number of nitrogens with zero attached hydrogens (tertiary/aromatic N) is 3. The van der Waals surface area contributed by atoms with Crippen molar-refractivity contribution in [2.24, 2.45) is 0 Å². The van der Waals surface area contributed by atoms with Gasteiger partial charge in [-0.2, -0.15) is 5.10 Å². The van der Waals surface area contributed by atoms with Crippen molar-refractivity contribution in [2.75, 3.05) is 0 Å². The third kappa shape index (κ3) is 2.89. The van der Waals surface area contributed by atoms with Crippen molar-refractivity contribution < 1.29 is 8.94 Å². The van der Waals surface area contributed by atoms with E-state index in [0.717, 1.165) is 11.1 Å². The molecule has 0 N–H and O–H groups in total. The minimum atomic E-state index is -0.267. The second-order valence-corrected chi connectivity index (χ2v) is 5.69. The number of fused-ring (bicyclic) bond motifs is 1. The Balaban J connectivity index is 1.76. The maximum absolute atomic E-state index is 12.7. The van der Waals surface area contributed by atoms with Crippen molar-refractivity contribution in [3.63, 3.8) is 0 Å². The maximum atomic E-state index is 12.7. The van der Waals surface area contributed by atoms with Gasteiger partial charge in [-0.1, -0.05) is 35.5 Å². The van der Waals surface area contributed by atoms with Gasteiger partial charge in [0.25, 0.3) is 5.56 Å². The van der Waals surface area contributed by atoms with Gasteiger partial charge in [0.05, 0.1) is 30.2 Å². The van der Waals surface area contributed by atoms with Crippen LogP contribution in [0.25, 0.3) is 23.1 Å². The average molecular weight is 333 g/mol. The SMILES string of the molecule is Cc1nn(Cc2ccccc2)c(=O)c2noc(/C=C/c3ccoc3)c12. The minimum Gasteiger partial charge on any atom is -0.472 e. The molecule has 0 spiro atoms. The molecular formula is C19H15N3O3. The zero-order valence-electron chi connectivity index (χ0n) is 13.5. The molecule has 4 aromatic rings. The normalized spacial score (nSPS) is 11.6. The van der Waals surface area contributed by atoms with Crippen molar-refractivity contribution in [2.45, 2.75) is 13.5 Å². The van der Waals surface area contributed by atoms with Gasteiger partial charge < -0.3 is 8.94 Å². The third-order valence-corrected chi connectivity index (χ3v) is 3.93. The van der Waals surface area contributed by atoms with Gasteiger partial charge in [0.2, 0.25) is 0 Å². The van der Waals surface area contributed by atoms with E-state index in [1.54, 1.807) is 18.6 Å². The molecule has 1 aromatic carbocycles. The van der Waals surface area contributed by atoms with E-state index in [0.29, 0.717) is 23.4 Å². The van der Waals surface area contributed by atoms with Crippen molar-refractivity contribution >= 4 is 23.1 Å². The first-order chi connectivity index (χ1) is 12.2. The van der Waals surface area contributed by atoms with E-state index in [-0.39, 0.29) is 11.1 Å². The van der Waals surface area contributed by atoms with Crippen LogP contribution in [-0.2, 0) is 6.54 Å². The van der Waals surface area contributed by atoms with E-state index < -0.39 is 0 Å². The summed E-state index contributed by atoms with van der Waals surface area (Å²) in [4.78, 5) is 12.7. The smallest absolute Gasteiger partial charge is 0.297 e. The standard InChI is InChI=1S/C19H15N3O3/c1-13-17-16(8-7-15-9-10-24-12-15)25-21-18(17)19(23)22(20-13)11-14-5-3-2-4-6-14/h2-10,12H,11H2,1H3/b8-7+. The highest BCUT2D eigenvalue weighted by atomic mass is 16.5. The van der Waals surface area contributed by atoms with Gasteiger partial charge >= 0.3 is 0 Å². The highest BCUT2D eigenvalue weighted by Gasteiger charge is 2.16. The van der Waals surface area contributed by atoms with Crippen LogP contribution in [0.5, 0.6) is 0 Å². The molecule has 6 nitrogen and oxygen atoms in total. The first-order valence-electron chi connectivity index (χ1n) is 7.83. The summed E-state index contributed by atoms with van der Waals surface area (Å²) in [7, 11) is 0. The van der Waals surface area contributed by atoms with E-state index in [9.17, 15) is 4.79 Å². The van der Waals surface area contributed by atoms with Gasteiger partial charge in [-0.25, -0.2) is 4.68 Å². The minimum absolute atomic E-state index is 0.267. The Hall–Kier alpha value is -3.41. The molecule has 0 bridgehead atoms. The molecule has 3 heterocycles. The molecule has 6 heteroatoms. The fourth-order valence-corrected chi connectivity index (χ4v) is 2.72. The van der Waals surface area contributed by atoms with Gasteiger partial charge in [-0.3, -0.25) is 4.79 Å². The summed E-state index contributed by atoms with van der Waals surface area (Å²) >= 11 is 0. The average Bonchev–Trinajstić information content (AvgIpc) is 3.28. The molecule has 0 atom stereocenters. The lowest BCUT2D eigenvalue weighted by Gasteiger charge is -2.06. The van der Waals surface area contributed by atoms with E-state index in [2.05, 4.69) is 10.3 Å². The third-order valence-electron chi connectivity index (χ3n) is 3.93. The molecule has 0 saturated heterocycles. The van der Waals surface area contributed by atoms with Crippen LogP contribution in [0.3, 0.4) is 0 Å². The van der Waals surface area contributed by atoms with Crippen LogP contribution in [0, 0.1) is 6.92 Å². The zero-order valence-corrected chi connectivity index (χ0v) is 13.5. The molecule has 0 aliphatic carbocycles. The Bertz CT molecular complexity index is 1090. The van der Waals surface area contributed by atoms with Crippen LogP contribution >= 0.6 is 0 Å². The topological polar surface area (TPSA) is 74.1 Å². The van der Waals surface area contributed by atoms with Gasteiger partial charge in [-0.15, -0.1) is 0 Å². The number of aromatic nitrogens is 3. The number of hydrogen-bond acceptors (Lipinski definition) is 5. The van der Waals surface area contributed by atoms with Crippen LogP contribution < -0.4 is 5.56 Å². The number of rotatable bonds is 4. The lowest BCUT2D eigenvalue weighted by atomic mass is 10.2. The Kier molecular flexibility index (Phi) is 3.78. The molecule has 3 aromatic heterocycles. The first kappa shape index (κ1) is 15.1. The van der Waals surface area contributed by atoms with E-state index >= 15 is 0 Å². The Morgan fingerprint density at radius 1 is 1.16 bits per heavy atom. The molecule has 0 amide bonds. The second kappa shape index (κ2) is 6.24. The zero-order chi connectivity index (χ0) is 17.2. The number of benzene rings is 1. The summed E-state index contributed by atoms with van der Waals surface area (Å²) in [6, 6.07) is 11.5. The predicted molar refractivity (Wildman–Crippen MR) is 94.0 cm³/mol. The van der Waals surface area contributed by atoms with Crippen molar-refractivity contribution in [1.82, 2.24) is 14.9 Å². The molecule has 0 fully saturated rings. The van der Waals surface area contributed by atoms with Crippen LogP contribution in [-0.4, -0.2) is 14.9 Å². The van der Waals surface area contributed by atoms with Crippen LogP contribution in [0.15, 0.2) is 62.7 Å². The Morgan fingerprint density at radius 3 is 2.76 bits per heavy atom. The first-order valence-corrected chi connectivity index (χ1v) is 7.83. The molecule has 0 aliphatic heterocycles. The van der Waals surface area contributed by atoms with Crippen LogP contribution in [0.2, 0.25) is 0 Å². The molecule has 0 aliphatic rings. The molecule has 4 rings (SSSR count). The summed E-state index contributed by atoms with van der Waals surface area (Å²) in [6.45, 7) is 2.24. The number of hydrogen-bond donors (Lipinski definition) is 0.